The number of nitrogens with zero attached hydrogens (tertiary/aromatic N) is 1. The van der Waals surface area contributed by atoms with Gasteiger partial charge in [-0.15, -0.1) is 35.3 Å². The van der Waals surface area contributed by atoms with Crippen LogP contribution in [0.3, 0.4) is 0 Å². The predicted molar refractivity (Wildman–Crippen MR) is 106 cm³/mol. The van der Waals surface area contributed by atoms with Gasteiger partial charge in [0, 0.05) is 37.7 Å². The van der Waals surface area contributed by atoms with Crippen LogP contribution in [0.2, 0.25) is 0 Å². The normalized spacial score (nSPS) is 14.5. The molecule has 2 N–H and O–H groups in total. The minimum absolute atomic E-state index is 0. The maximum absolute atomic E-state index is 5.62. The summed E-state index contributed by atoms with van der Waals surface area (Å²) in [6, 6.07) is 4.27. The Kier molecular flexibility index (Phi) is 10.9. The van der Waals surface area contributed by atoms with E-state index in [-0.39, 0.29) is 24.0 Å². The van der Waals surface area contributed by atoms with Crippen molar-refractivity contribution in [2.75, 3.05) is 32.8 Å². The summed E-state index contributed by atoms with van der Waals surface area (Å²) in [5.74, 6) is 1.76. The van der Waals surface area contributed by atoms with E-state index in [4.69, 9.17) is 4.74 Å². The van der Waals surface area contributed by atoms with Crippen LogP contribution in [-0.4, -0.2) is 38.8 Å². The predicted octanol–water partition coefficient (Wildman–Crippen LogP) is 3.28. The van der Waals surface area contributed by atoms with Gasteiger partial charge in [0.1, 0.15) is 0 Å². The van der Waals surface area contributed by atoms with Gasteiger partial charge in [-0.3, -0.25) is 4.99 Å². The largest absolute Gasteiger partial charge is 0.381 e. The van der Waals surface area contributed by atoms with E-state index in [1.54, 1.807) is 11.3 Å². The van der Waals surface area contributed by atoms with E-state index in [2.05, 4.69) is 40.1 Å². The topological polar surface area (TPSA) is 45.7 Å². The summed E-state index contributed by atoms with van der Waals surface area (Å²) in [6.45, 7) is 6.50. The summed E-state index contributed by atoms with van der Waals surface area (Å²) in [7, 11) is 0. The van der Waals surface area contributed by atoms with Gasteiger partial charge in [0.05, 0.1) is 0 Å². The SMILES string of the molecule is CCNC(=NCCCOCC1CC1)NCCc1cccs1.I. The zero-order valence-corrected chi connectivity index (χ0v) is 16.5. The molecule has 22 heavy (non-hydrogen) atoms. The molecule has 1 heterocycles. The number of guanidine groups is 1. The maximum Gasteiger partial charge on any atom is 0.191 e. The first-order valence-corrected chi connectivity index (χ1v) is 8.88. The van der Waals surface area contributed by atoms with Crippen LogP contribution < -0.4 is 10.6 Å². The zero-order chi connectivity index (χ0) is 14.8. The molecule has 0 spiro atoms. The van der Waals surface area contributed by atoms with Crippen molar-refractivity contribution in [2.45, 2.75) is 32.6 Å². The van der Waals surface area contributed by atoms with Crippen LogP contribution in [0.1, 0.15) is 31.1 Å². The van der Waals surface area contributed by atoms with E-state index in [1.165, 1.54) is 17.7 Å². The van der Waals surface area contributed by atoms with Crippen LogP contribution in [0.15, 0.2) is 22.5 Å². The molecule has 1 aliphatic carbocycles. The highest BCUT2D eigenvalue weighted by atomic mass is 127. The van der Waals surface area contributed by atoms with Crippen molar-refractivity contribution in [1.82, 2.24) is 10.6 Å². The Balaban J connectivity index is 0.00000242. The molecule has 6 heteroatoms. The second-order valence-corrected chi connectivity index (χ2v) is 6.42. The number of hydrogen-bond acceptors (Lipinski definition) is 3. The Morgan fingerprint density at radius 2 is 2.27 bits per heavy atom. The molecule has 1 aliphatic rings. The van der Waals surface area contributed by atoms with Crippen molar-refractivity contribution in [1.29, 1.82) is 0 Å². The molecule has 2 rings (SSSR count). The zero-order valence-electron chi connectivity index (χ0n) is 13.3. The number of nitrogens with one attached hydrogen (secondary N) is 2. The van der Waals surface area contributed by atoms with Crippen LogP contribution in [0, 0.1) is 5.92 Å². The van der Waals surface area contributed by atoms with Crippen molar-refractivity contribution in [3.05, 3.63) is 22.4 Å². The highest BCUT2D eigenvalue weighted by Crippen LogP contribution is 2.28. The van der Waals surface area contributed by atoms with E-state index in [0.717, 1.165) is 57.6 Å². The number of aliphatic imine (C=N–C) groups is 1. The van der Waals surface area contributed by atoms with Crippen LogP contribution in [0.4, 0.5) is 0 Å². The molecule has 1 aromatic rings. The fourth-order valence-corrected chi connectivity index (χ4v) is 2.70. The Morgan fingerprint density at radius 3 is 2.95 bits per heavy atom. The third-order valence-corrected chi connectivity index (χ3v) is 4.29. The fourth-order valence-electron chi connectivity index (χ4n) is 1.99. The van der Waals surface area contributed by atoms with Gasteiger partial charge in [-0.2, -0.15) is 0 Å². The molecular formula is C16H28IN3OS. The molecule has 0 aliphatic heterocycles. The number of ether oxygens (including phenoxy) is 1. The number of halogens is 1. The quantitative estimate of drug-likeness (QED) is 0.256. The van der Waals surface area contributed by atoms with Crippen molar-refractivity contribution < 1.29 is 4.74 Å². The summed E-state index contributed by atoms with van der Waals surface area (Å²) < 4.78 is 5.62. The Labute approximate surface area is 155 Å². The smallest absolute Gasteiger partial charge is 0.191 e. The molecular weight excluding hydrogens is 409 g/mol. The van der Waals surface area contributed by atoms with Gasteiger partial charge < -0.3 is 15.4 Å². The lowest BCUT2D eigenvalue weighted by Gasteiger charge is -2.10. The second kappa shape index (κ2) is 12.1. The molecule has 0 unspecified atom stereocenters. The molecule has 0 radical (unpaired) electrons. The average molecular weight is 437 g/mol. The lowest BCUT2D eigenvalue weighted by Crippen LogP contribution is -2.38. The minimum atomic E-state index is 0. The summed E-state index contributed by atoms with van der Waals surface area (Å²) >= 11 is 1.81. The highest BCUT2D eigenvalue weighted by Gasteiger charge is 2.20. The van der Waals surface area contributed by atoms with Crippen LogP contribution in [0.5, 0.6) is 0 Å². The third kappa shape index (κ3) is 8.95. The number of rotatable bonds is 10. The number of thiophene rings is 1. The Bertz CT molecular complexity index is 408. The van der Waals surface area contributed by atoms with Crippen molar-refractivity contribution >= 4 is 41.3 Å². The summed E-state index contributed by atoms with van der Waals surface area (Å²) in [5, 5.41) is 8.79. The van der Waals surface area contributed by atoms with Crippen LogP contribution >= 0.6 is 35.3 Å². The molecule has 0 atom stereocenters. The molecule has 1 aromatic heterocycles. The monoisotopic (exact) mass is 437 g/mol. The van der Waals surface area contributed by atoms with E-state index in [9.17, 15) is 0 Å². The van der Waals surface area contributed by atoms with Gasteiger partial charge in [-0.05, 0) is 50.0 Å². The van der Waals surface area contributed by atoms with E-state index < -0.39 is 0 Å². The van der Waals surface area contributed by atoms with Gasteiger partial charge in [0.15, 0.2) is 5.96 Å². The molecule has 1 fully saturated rings. The van der Waals surface area contributed by atoms with Gasteiger partial charge in [-0.1, -0.05) is 6.07 Å². The molecule has 0 bridgehead atoms. The molecule has 0 saturated heterocycles. The van der Waals surface area contributed by atoms with Gasteiger partial charge in [-0.25, -0.2) is 0 Å². The number of hydrogen-bond donors (Lipinski definition) is 2. The minimum Gasteiger partial charge on any atom is -0.381 e. The summed E-state index contributed by atoms with van der Waals surface area (Å²) in [6.07, 6.45) is 4.76. The van der Waals surface area contributed by atoms with Crippen LogP contribution in [0.25, 0.3) is 0 Å². The summed E-state index contributed by atoms with van der Waals surface area (Å²) in [5.41, 5.74) is 0. The standard InChI is InChI=1S/C16H27N3OS.HI/c1-2-17-16(19-10-8-15-5-3-12-21-15)18-9-4-11-20-13-14-6-7-14;/h3,5,12,14H,2,4,6-11,13H2,1H3,(H2,17,18,19);1H. The Hall–Kier alpha value is -0.340. The first-order valence-electron chi connectivity index (χ1n) is 8.00. The average Bonchev–Trinajstić information content (AvgIpc) is 3.17. The van der Waals surface area contributed by atoms with Crippen molar-refractivity contribution in [2.24, 2.45) is 10.9 Å². The van der Waals surface area contributed by atoms with Gasteiger partial charge >= 0.3 is 0 Å². The lowest BCUT2D eigenvalue weighted by molar-refractivity contribution is 0.123. The second-order valence-electron chi connectivity index (χ2n) is 5.39. The third-order valence-electron chi connectivity index (χ3n) is 3.36. The molecule has 1 saturated carbocycles. The fraction of sp³-hybridized carbons (Fsp3) is 0.688. The Morgan fingerprint density at radius 1 is 1.41 bits per heavy atom. The van der Waals surface area contributed by atoms with Crippen molar-refractivity contribution in [3.63, 3.8) is 0 Å². The molecule has 0 amide bonds. The molecule has 4 nitrogen and oxygen atoms in total. The van der Waals surface area contributed by atoms with E-state index in [1.807, 2.05) is 0 Å². The van der Waals surface area contributed by atoms with Crippen molar-refractivity contribution in [3.8, 4) is 0 Å². The first kappa shape index (κ1) is 19.7. The first-order chi connectivity index (χ1) is 10.4. The van der Waals surface area contributed by atoms with Crippen LogP contribution in [-0.2, 0) is 11.2 Å². The van der Waals surface area contributed by atoms with Gasteiger partial charge in [0.2, 0.25) is 0 Å². The summed E-state index contributed by atoms with van der Waals surface area (Å²) in [4.78, 5) is 5.99. The van der Waals surface area contributed by atoms with Gasteiger partial charge in [0.25, 0.3) is 0 Å². The van der Waals surface area contributed by atoms with E-state index >= 15 is 0 Å². The molecule has 0 aromatic carbocycles. The maximum atomic E-state index is 5.62. The van der Waals surface area contributed by atoms with E-state index in [0.29, 0.717) is 0 Å². The highest BCUT2D eigenvalue weighted by molar-refractivity contribution is 14.0. The lowest BCUT2D eigenvalue weighted by atomic mass is 10.3. The molecule has 126 valence electrons.